The second kappa shape index (κ2) is 10.7. The molecule has 1 saturated heterocycles. The fraction of sp³-hybridized carbons (Fsp3) is 0.308. The quantitative estimate of drug-likeness (QED) is 0.490. The molecule has 3 aromatic rings. The Morgan fingerprint density at radius 3 is 2.38 bits per heavy atom. The average Bonchev–Trinajstić information content (AvgIpc) is 3.16. The van der Waals surface area contributed by atoms with Gasteiger partial charge in [-0.15, -0.1) is 11.3 Å². The average molecular weight is 480 g/mol. The van der Waals surface area contributed by atoms with E-state index in [1.807, 2.05) is 49.4 Å². The Bertz CT molecular complexity index is 1150. The Morgan fingerprint density at radius 1 is 1.03 bits per heavy atom. The van der Waals surface area contributed by atoms with Gasteiger partial charge in [-0.25, -0.2) is 4.79 Å². The van der Waals surface area contributed by atoms with E-state index in [1.165, 1.54) is 11.3 Å². The zero-order chi connectivity index (χ0) is 24.1. The number of aryl methyl sites for hydroxylation is 1. The number of ether oxygens (including phenoxy) is 1. The number of esters is 1. The van der Waals surface area contributed by atoms with Gasteiger partial charge in [0, 0.05) is 36.6 Å². The Balaban J connectivity index is 1.45. The van der Waals surface area contributed by atoms with Crippen LogP contribution in [0.4, 0.5) is 10.7 Å². The van der Waals surface area contributed by atoms with Crippen molar-refractivity contribution in [3.05, 3.63) is 65.0 Å². The van der Waals surface area contributed by atoms with Gasteiger partial charge in [-0.1, -0.05) is 42.5 Å². The molecule has 0 atom stereocenters. The summed E-state index contributed by atoms with van der Waals surface area (Å²) in [6.07, 6.45) is 0. The Kier molecular flexibility index (Phi) is 7.49. The molecule has 7 nitrogen and oxygen atoms in total. The van der Waals surface area contributed by atoms with Crippen molar-refractivity contribution in [2.24, 2.45) is 0 Å². The molecular formula is C26H29N3O4S. The minimum atomic E-state index is -0.433. The van der Waals surface area contributed by atoms with Gasteiger partial charge >= 0.3 is 5.97 Å². The normalized spacial score (nSPS) is 14.1. The first-order valence-electron chi connectivity index (χ1n) is 11.4. The second-order valence-corrected chi connectivity index (χ2v) is 9.35. The van der Waals surface area contributed by atoms with Crippen molar-refractivity contribution in [2.75, 3.05) is 49.5 Å². The van der Waals surface area contributed by atoms with E-state index in [1.54, 1.807) is 19.1 Å². The fourth-order valence-corrected chi connectivity index (χ4v) is 5.31. The number of hydrogen-bond acceptors (Lipinski definition) is 7. The number of carbonyl (C=O) groups is 2. The number of para-hydroxylation sites is 2. The lowest BCUT2D eigenvalue weighted by Crippen LogP contribution is -2.48. The zero-order valence-electron chi connectivity index (χ0n) is 19.4. The first-order chi connectivity index (χ1) is 16.5. The number of benzene rings is 2. The third-order valence-electron chi connectivity index (χ3n) is 5.84. The second-order valence-electron chi connectivity index (χ2n) is 8.12. The highest BCUT2D eigenvalue weighted by Crippen LogP contribution is 2.40. The summed E-state index contributed by atoms with van der Waals surface area (Å²) < 4.78 is 5.32. The molecule has 2 N–H and O–H groups in total. The number of nitrogens with zero attached hydrogens (tertiary/aromatic N) is 2. The molecule has 1 fully saturated rings. The number of rotatable bonds is 7. The van der Waals surface area contributed by atoms with Crippen LogP contribution in [0.3, 0.4) is 0 Å². The van der Waals surface area contributed by atoms with Gasteiger partial charge in [0.2, 0.25) is 5.91 Å². The van der Waals surface area contributed by atoms with E-state index in [9.17, 15) is 14.7 Å². The third-order valence-corrected chi connectivity index (χ3v) is 6.86. The number of amides is 1. The number of carbonyl (C=O) groups excluding carboxylic acids is 2. The number of piperazine rings is 1. The molecule has 2 aromatic carbocycles. The van der Waals surface area contributed by atoms with E-state index in [2.05, 4.69) is 15.1 Å². The summed E-state index contributed by atoms with van der Waals surface area (Å²) in [5.41, 5.74) is 2.94. The molecule has 2 heterocycles. The van der Waals surface area contributed by atoms with Crippen molar-refractivity contribution >= 4 is 33.9 Å². The van der Waals surface area contributed by atoms with Gasteiger partial charge < -0.3 is 20.1 Å². The highest BCUT2D eigenvalue weighted by Gasteiger charge is 2.26. The van der Waals surface area contributed by atoms with Crippen LogP contribution in [0.2, 0.25) is 0 Å². The van der Waals surface area contributed by atoms with Crippen molar-refractivity contribution < 1.29 is 19.4 Å². The number of nitrogens with one attached hydrogen (secondary N) is 1. The number of phenolic OH excluding ortho intramolecular Hbond substituents is 1. The summed E-state index contributed by atoms with van der Waals surface area (Å²) in [7, 11) is 0. The van der Waals surface area contributed by atoms with E-state index in [0.717, 1.165) is 34.8 Å². The summed E-state index contributed by atoms with van der Waals surface area (Å²) in [6.45, 7) is 7.04. The number of phenols is 1. The van der Waals surface area contributed by atoms with Gasteiger partial charge in [-0.05, 0) is 31.5 Å². The van der Waals surface area contributed by atoms with Crippen molar-refractivity contribution in [3.8, 4) is 16.9 Å². The molecule has 178 valence electrons. The summed E-state index contributed by atoms with van der Waals surface area (Å²) in [4.78, 5) is 30.9. The number of aromatic hydroxyl groups is 1. The van der Waals surface area contributed by atoms with Crippen LogP contribution in [0.25, 0.3) is 11.1 Å². The maximum absolute atomic E-state index is 12.9. The largest absolute Gasteiger partial charge is 0.506 e. The monoisotopic (exact) mass is 479 g/mol. The molecule has 1 aliphatic heterocycles. The van der Waals surface area contributed by atoms with Gasteiger partial charge in [0.15, 0.2) is 0 Å². The Morgan fingerprint density at radius 2 is 1.71 bits per heavy atom. The van der Waals surface area contributed by atoms with Crippen LogP contribution in [0.5, 0.6) is 5.75 Å². The third kappa shape index (κ3) is 5.24. The molecular weight excluding hydrogens is 450 g/mol. The lowest BCUT2D eigenvalue weighted by molar-refractivity contribution is -0.117. The number of hydrogen-bond donors (Lipinski definition) is 2. The lowest BCUT2D eigenvalue weighted by Gasteiger charge is -2.35. The minimum Gasteiger partial charge on any atom is -0.506 e. The molecule has 8 heteroatoms. The molecule has 4 rings (SSSR count). The first kappa shape index (κ1) is 23.8. The van der Waals surface area contributed by atoms with Crippen molar-refractivity contribution in [2.45, 2.75) is 13.8 Å². The van der Waals surface area contributed by atoms with Crippen molar-refractivity contribution in [3.63, 3.8) is 0 Å². The van der Waals surface area contributed by atoms with E-state index >= 15 is 0 Å². The minimum absolute atomic E-state index is 0.164. The molecule has 0 bridgehead atoms. The molecule has 0 saturated carbocycles. The molecule has 1 amide bonds. The van der Waals surface area contributed by atoms with Gasteiger partial charge in [0.05, 0.1) is 18.8 Å². The fourth-order valence-electron chi connectivity index (χ4n) is 4.23. The lowest BCUT2D eigenvalue weighted by atomic mass is 10.0. The highest BCUT2D eigenvalue weighted by atomic mass is 32.1. The maximum Gasteiger partial charge on any atom is 0.341 e. The molecule has 1 aliphatic rings. The summed E-state index contributed by atoms with van der Waals surface area (Å²) >= 11 is 1.39. The van der Waals surface area contributed by atoms with E-state index in [-0.39, 0.29) is 24.8 Å². The molecule has 0 unspecified atom stereocenters. The molecule has 0 radical (unpaired) electrons. The number of thiophene rings is 1. The van der Waals surface area contributed by atoms with Crippen LogP contribution in [-0.2, 0) is 9.53 Å². The van der Waals surface area contributed by atoms with E-state index < -0.39 is 5.97 Å². The smallest absolute Gasteiger partial charge is 0.341 e. The topological polar surface area (TPSA) is 82.1 Å². The SMILES string of the molecule is CCOC(=O)c1c(NC(=O)CN2CCN(c3ccccc3O)CC2)sc(C)c1-c1ccccc1. The summed E-state index contributed by atoms with van der Waals surface area (Å²) in [5.74, 6) is -0.331. The maximum atomic E-state index is 12.9. The van der Waals surface area contributed by atoms with Crippen LogP contribution >= 0.6 is 11.3 Å². The van der Waals surface area contributed by atoms with Crippen LogP contribution in [0.1, 0.15) is 22.2 Å². The van der Waals surface area contributed by atoms with Gasteiger partial charge in [-0.2, -0.15) is 0 Å². The molecule has 1 aromatic heterocycles. The molecule has 0 spiro atoms. The van der Waals surface area contributed by atoms with Crippen LogP contribution < -0.4 is 10.2 Å². The summed E-state index contributed by atoms with van der Waals surface area (Å²) in [6, 6.07) is 17.0. The van der Waals surface area contributed by atoms with Crippen LogP contribution in [-0.4, -0.2) is 61.2 Å². The predicted molar refractivity (Wildman–Crippen MR) is 136 cm³/mol. The van der Waals surface area contributed by atoms with Crippen LogP contribution in [0.15, 0.2) is 54.6 Å². The van der Waals surface area contributed by atoms with Crippen molar-refractivity contribution in [1.29, 1.82) is 0 Å². The van der Waals surface area contributed by atoms with Gasteiger partial charge in [-0.3, -0.25) is 9.69 Å². The Labute approximate surface area is 203 Å². The van der Waals surface area contributed by atoms with Gasteiger partial charge in [0.25, 0.3) is 0 Å². The standard InChI is InChI=1S/C26H29N3O4S/c1-3-33-26(32)24-23(19-9-5-4-6-10-19)18(2)34-25(24)27-22(31)17-28-13-15-29(16-14-28)20-11-7-8-12-21(20)30/h4-12,30H,3,13-17H2,1-2H3,(H,27,31). The highest BCUT2D eigenvalue weighted by molar-refractivity contribution is 7.17. The van der Waals surface area contributed by atoms with Crippen LogP contribution in [0, 0.1) is 6.92 Å². The van der Waals surface area contributed by atoms with Crippen molar-refractivity contribution in [1.82, 2.24) is 4.90 Å². The predicted octanol–water partition coefficient (Wildman–Crippen LogP) is 4.37. The molecule has 0 aliphatic carbocycles. The zero-order valence-corrected chi connectivity index (χ0v) is 20.2. The van der Waals surface area contributed by atoms with Gasteiger partial charge in [0.1, 0.15) is 16.3 Å². The van der Waals surface area contributed by atoms with E-state index in [0.29, 0.717) is 23.7 Å². The first-order valence-corrected chi connectivity index (χ1v) is 12.2. The molecule has 34 heavy (non-hydrogen) atoms. The summed E-state index contributed by atoms with van der Waals surface area (Å²) in [5, 5.41) is 13.6. The van der Waals surface area contributed by atoms with E-state index in [4.69, 9.17) is 4.74 Å². The Hall–Kier alpha value is -3.36. The number of anilines is 2.